The number of fused-ring (bicyclic) bond motifs is 1. The van der Waals surface area contributed by atoms with Crippen molar-refractivity contribution >= 4 is 52.4 Å². The van der Waals surface area contributed by atoms with Gasteiger partial charge in [0.25, 0.3) is 5.91 Å². The number of ether oxygens (including phenoxy) is 1. The van der Waals surface area contributed by atoms with Crippen molar-refractivity contribution in [1.29, 1.82) is 0 Å². The maximum Gasteiger partial charge on any atom is 0.338 e. The van der Waals surface area contributed by atoms with E-state index >= 15 is 0 Å². The number of anilines is 3. The van der Waals surface area contributed by atoms with Crippen molar-refractivity contribution in [2.45, 2.75) is 39.3 Å². The molecule has 1 fully saturated rings. The van der Waals surface area contributed by atoms with E-state index in [0.717, 1.165) is 44.2 Å². The van der Waals surface area contributed by atoms with Crippen molar-refractivity contribution in [3.8, 4) is 0 Å². The van der Waals surface area contributed by atoms with E-state index < -0.39 is 12.1 Å². The first-order valence-electron chi connectivity index (χ1n) is 14.2. The Hall–Kier alpha value is -4.76. The molecule has 216 valence electrons. The van der Waals surface area contributed by atoms with Gasteiger partial charge in [0.15, 0.2) is 6.29 Å². The number of nitrogens with one attached hydrogen (secondary N) is 2. The quantitative estimate of drug-likeness (QED) is 0.209. The number of carbonyl (C=O) groups is 4. The lowest BCUT2D eigenvalue weighted by Gasteiger charge is -2.38. The first-order chi connectivity index (χ1) is 20.4. The molecule has 9 heteroatoms. The molecule has 1 atom stereocenters. The molecule has 2 heterocycles. The van der Waals surface area contributed by atoms with Crippen LogP contribution in [0, 0.1) is 0 Å². The molecular formula is C33H34N4O5. The third-order valence-electron chi connectivity index (χ3n) is 7.49. The number of hydrogen-bond acceptors (Lipinski definition) is 7. The molecule has 0 radical (unpaired) electrons. The molecule has 2 aliphatic heterocycles. The molecule has 2 N–H and O–H groups in total. The van der Waals surface area contributed by atoms with Crippen LogP contribution in [0.3, 0.4) is 0 Å². The van der Waals surface area contributed by atoms with Crippen molar-refractivity contribution in [1.82, 2.24) is 4.90 Å². The number of likely N-dealkylation sites (tertiary alicyclic amines) is 1. The Bertz CT molecular complexity index is 1510. The van der Waals surface area contributed by atoms with Crippen LogP contribution >= 0.6 is 0 Å². The smallest absolute Gasteiger partial charge is 0.338 e. The molecule has 2 aliphatic rings. The topological polar surface area (TPSA) is 108 Å². The molecule has 0 bridgehead atoms. The lowest BCUT2D eigenvalue weighted by atomic mass is 9.99. The molecule has 42 heavy (non-hydrogen) atoms. The summed E-state index contributed by atoms with van der Waals surface area (Å²) in [5, 5.41) is 6.29. The van der Waals surface area contributed by atoms with Crippen LogP contribution in [0.15, 0.2) is 72.8 Å². The summed E-state index contributed by atoms with van der Waals surface area (Å²) in [6.07, 6.45) is 3.28. The first kappa shape index (κ1) is 28.8. The highest BCUT2D eigenvalue weighted by Crippen LogP contribution is 2.38. The second-order valence-corrected chi connectivity index (χ2v) is 10.3. The largest absolute Gasteiger partial charge is 0.462 e. The zero-order valence-corrected chi connectivity index (χ0v) is 23.8. The van der Waals surface area contributed by atoms with Gasteiger partial charge in [-0.2, -0.15) is 0 Å². The molecule has 1 unspecified atom stereocenters. The first-order valence-corrected chi connectivity index (χ1v) is 14.2. The number of nitrogens with zero attached hydrogens (tertiary/aromatic N) is 2. The Morgan fingerprint density at radius 3 is 2.36 bits per heavy atom. The molecule has 0 aromatic heterocycles. The minimum atomic E-state index is -0.665. The summed E-state index contributed by atoms with van der Waals surface area (Å²) >= 11 is 0. The molecule has 0 saturated carbocycles. The van der Waals surface area contributed by atoms with Gasteiger partial charge >= 0.3 is 5.97 Å². The predicted octanol–water partition coefficient (Wildman–Crippen LogP) is 5.16. The zero-order valence-electron chi connectivity index (χ0n) is 23.8. The Kier molecular flexibility index (Phi) is 8.78. The third kappa shape index (κ3) is 5.96. The summed E-state index contributed by atoms with van der Waals surface area (Å²) in [5.74, 6) is -0.968. The molecule has 3 aromatic carbocycles. The van der Waals surface area contributed by atoms with E-state index in [4.69, 9.17) is 4.74 Å². The Labute approximate surface area is 245 Å². The number of hydrogen-bond donors (Lipinski definition) is 2. The van der Waals surface area contributed by atoms with Crippen LogP contribution in [0.25, 0.3) is 11.3 Å². The van der Waals surface area contributed by atoms with Crippen LogP contribution in [-0.4, -0.2) is 54.8 Å². The highest BCUT2D eigenvalue weighted by molar-refractivity contribution is 6.37. The van der Waals surface area contributed by atoms with Crippen LogP contribution in [0.2, 0.25) is 0 Å². The van der Waals surface area contributed by atoms with Crippen molar-refractivity contribution in [3.05, 3.63) is 89.5 Å². The highest BCUT2D eigenvalue weighted by Gasteiger charge is 2.31. The maximum absolute atomic E-state index is 13.3. The van der Waals surface area contributed by atoms with Crippen LogP contribution in [0.4, 0.5) is 17.1 Å². The van der Waals surface area contributed by atoms with Crippen molar-refractivity contribution in [2.75, 3.05) is 35.2 Å². The standard InChI is InChI=1S/C33H34N4O5/c1-3-42-33(41)24-12-17-27-28(20-24)35-32(40)30(27)31(23-10-6-4-7-11-23)34-25-13-15-26(16-14-25)37(22(2)39)29(21-38)36-18-8-5-9-19-36/h4,6-7,10-17,20-21,29,34H,3,5,8-9,18-19H2,1-2H3,(H,35,40). The average Bonchev–Trinajstić information content (AvgIpc) is 3.34. The van der Waals surface area contributed by atoms with Crippen molar-refractivity contribution in [3.63, 3.8) is 0 Å². The van der Waals surface area contributed by atoms with Crippen LogP contribution in [-0.2, 0) is 19.1 Å². The molecule has 1 saturated heterocycles. The predicted molar refractivity (Wildman–Crippen MR) is 163 cm³/mol. The van der Waals surface area contributed by atoms with Gasteiger partial charge in [-0.25, -0.2) is 4.79 Å². The summed E-state index contributed by atoms with van der Waals surface area (Å²) in [6, 6.07) is 21.8. The second-order valence-electron chi connectivity index (χ2n) is 10.3. The number of rotatable bonds is 9. The molecule has 2 amide bonds. The minimum Gasteiger partial charge on any atom is -0.462 e. The van der Waals surface area contributed by atoms with Crippen molar-refractivity contribution in [2.24, 2.45) is 0 Å². The molecular weight excluding hydrogens is 532 g/mol. The van der Waals surface area contributed by atoms with E-state index in [1.54, 1.807) is 37.3 Å². The normalized spacial score (nSPS) is 16.6. The molecule has 0 spiro atoms. The van der Waals surface area contributed by atoms with Gasteiger partial charge in [-0.05, 0) is 61.7 Å². The lowest BCUT2D eigenvalue weighted by molar-refractivity contribution is -0.122. The van der Waals surface area contributed by atoms with Gasteiger partial charge in [-0.1, -0.05) is 42.8 Å². The monoisotopic (exact) mass is 566 g/mol. The lowest BCUT2D eigenvalue weighted by Crippen LogP contribution is -2.53. The highest BCUT2D eigenvalue weighted by atomic mass is 16.5. The van der Waals surface area contributed by atoms with Crippen LogP contribution in [0.5, 0.6) is 0 Å². The molecule has 0 aliphatic carbocycles. The fourth-order valence-electron chi connectivity index (χ4n) is 5.51. The Morgan fingerprint density at radius 2 is 1.71 bits per heavy atom. The fraction of sp³-hybridized carbons (Fsp3) is 0.273. The summed E-state index contributed by atoms with van der Waals surface area (Å²) < 4.78 is 5.11. The van der Waals surface area contributed by atoms with E-state index in [2.05, 4.69) is 10.6 Å². The van der Waals surface area contributed by atoms with Gasteiger partial charge in [0, 0.05) is 37.0 Å². The van der Waals surface area contributed by atoms with E-state index in [1.807, 2.05) is 47.4 Å². The van der Waals surface area contributed by atoms with Gasteiger partial charge < -0.3 is 15.4 Å². The van der Waals surface area contributed by atoms with Gasteiger partial charge in [-0.3, -0.25) is 24.2 Å². The SMILES string of the molecule is CCOC(=O)c1ccc2c(c1)NC(=O)C2=C(Nc1ccc(N(C(C)=O)C(C=O)N2CCCCC2)cc1)c1ccccc1. The Morgan fingerprint density at radius 1 is 1.00 bits per heavy atom. The van der Waals surface area contributed by atoms with Gasteiger partial charge in [-0.15, -0.1) is 0 Å². The Balaban J connectivity index is 1.49. The number of amides is 2. The van der Waals surface area contributed by atoms with E-state index in [1.165, 1.54) is 11.8 Å². The van der Waals surface area contributed by atoms with Gasteiger partial charge in [0.1, 0.15) is 6.17 Å². The summed E-state index contributed by atoms with van der Waals surface area (Å²) in [5.41, 5.74) is 4.67. The average molecular weight is 567 g/mol. The zero-order chi connectivity index (χ0) is 29.6. The summed E-state index contributed by atoms with van der Waals surface area (Å²) in [4.78, 5) is 54.0. The van der Waals surface area contributed by atoms with E-state index in [0.29, 0.717) is 39.5 Å². The number of benzene rings is 3. The van der Waals surface area contributed by atoms with Gasteiger partial charge in [0.05, 0.1) is 29.1 Å². The second kappa shape index (κ2) is 12.8. The van der Waals surface area contributed by atoms with Crippen molar-refractivity contribution < 1.29 is 23.9 Å². The number of piperidine rings is 1. The molecule has 9 nitrogen and oxygen atoms in total. The minimum absolute atomic E-state index is 0.216. The van der Waals surface area contributed by atoms with Gasteiger partial charge in [0.2, 0.25) is 5.91 Å². The third-order valence-corrected chi connectivity index (χ3v) is 7.49. The fourth-order valence-corrected chi connectivity index (χ4v) is 5.51. The van der Waals surface area contributed by atoms with Crippen LogP contribution < -0.4 is 15.5 Å². The number of carbonyl (C=O) groups excluding carboxylic acids is 4. The summed E-state index contributed by atoms with van der Waals surface area (Å²) in [7, 11) is 0. The van der Waals surface area contributed by atoms with E-state index in [9.17, 15) is 19.2 Å². The maximum atomic E-state index is 13.3. The number of aldehydes is 1. The number of esters is 1. The van der Waals surface area contributed by atoms with Crippen LogP contribution in [0.1, 0.15) is 54.6 Å². The molecule has 5 rings (SSSR count). The molecule has 3 aromatic rings. The van der Waals surface area contributed by atoms with E-state index in [-0.39, 0.29) is 18.4 Å². The summed E-state index contributed by atoms with van der Waals surface area (Å²) in [6.45, 7) is 5.00.